The third kappa shape index (κ3) is 4.20. The van der Waals surface area contributed by atoms with E-state index in [1.54, 1.807) is 6.07 Å². The van der Waals surface area contributed by atoms with Crippen LogP contribution in [-0.4, -0.2) is 30.9 Å². The second kappa shape index (κ2) is 7.14. The van der Waals surface area contributed by atoms with Gasteiger partial charge in [-0.15, -0.1) is 0 Å². The Hall–Kier alpha value is -2.20. The zero-order valence-electron chi connectivity index (χ0n) is 14.0. The second-order valence-corrected chi connectivity index (χ2v) is 6.73. The van der Waals surface area contributed by atoms with Crippen molar-refractivity contribution in [3.05, 3.63) is 71.5 Å². The van der Waals surface area contributed by atoms with E-state index in [1.807, 2.05) is 36.2 Å². The summed E-state index contributed by atoms with van der Waals surface area (Å²) >= 11 is 0. The molecule has 1 aliphatic rings. The number of amides is 1. The molecule has 1 N–H and O–H groups in total. The molecule has 0 radical (unpaired) electrons. The highest BCUT2D eigenvalue weighted by Crippen LogP contribution is 2.47. The van der Waals surface area contributed by atoms with Gasteiger partial charge < -0.3 is 5.32 Å². The standard InChI is InChI=1S/C20H23FN2O/c1-23(13-16-6-5-9-18(21)12-16)14-19(24)22-15-20(10-11-20)17-7-3-2-4-8-17/h2-9,12H,10-11,13-15H2,1H3,(H,22,24). The van der Waals surface area contributed by atoms with Crippen molar-refractivity contribution in [3.63, 3.8) is 0 Å². The van der Waals surface area contributed by atoms with Gasteiger partial charge in [-0.25, -0.2) is 4.39 Å². The van der Waals surface area contributed by atoms with Crippen molar-refractivity contribution in [2.45, 2.75) is 24.8 Å². The van der Waals surface area contributed by atoms with Gasteiger partial charge in [0.1, 0.15) is 5.82 Å². The van der Waals surface area contributed by atoms with E-state index in [-0.39, 0.29) is 17.1 Å². The number of carbonyl (C=O) groups excluding carboxylic acids is 1. The Morgan fingerprint density at radius 2 is 1.92 bits per heavy atom. The third-order valence-corrected chi connectivity index (χ3v) is 4.62. The molecule has 1 saturated carbocycles. The topological polar surface area (TPSA) is 32.3 Å². The van der Waals surface area contributed by atoms with Crippen LogP contribution in [0.1, 0.15) is 24.0 Å². The van der Waals surface area contributed by atoms with Crippen molar-refractivity contribution >= 4 is 5.91 Å². The zero-order chi connectivity index (χ0) is 17.0. The summed E-state index contributed by atoms with van der Waals surface area (Å²) in [5, 5.41) is 3.06. The lowest BCUT2D eigenvalue weighted by atomic mass is 9.96. The van der Waals surface area contributed by atoms with Gasteiger partial charge in [-0.1, -0.05) is 42.5 Å². The predicted octanol–water partition coefficient (Wildman–Crippen LogP) is 3.11. The van der Waals surface area contributed by atoms with Crippen molar-refractivity contribution in [1.29, 1.82) is 0 Å². The highest BCUT2D eigenvalue weighted by atomic mass is 19.1. The molecule has 0 atom stereocenters. The van der Waals surface area contributed by atoms with Crippen LogP contribution in [-0.2, 0) is 16.8 Å². The number of benzene rings is 2. The Bertz CT molecular complexity index is 698. The Labute approximate surface area is 142 Å². The lowest BCUT2D eigenvalue weighted by Gasteiger charge is -2.19. The molecule has 4 heteroatoms. The molecule has 2 aromatic carbocycles. The molecular weight excluding hydrogens is 303 g/mol. The normalized spacial score (nSPS) is 15.3. The molecule has 3 nitrogen and oxygen atoms in total. The number of carbonyl (C=O) groups is 1. The van der Waals surface area contributed by atoms with E-state index in [1.165, 1.54) is 17.7 Å². The molecule has 1 amide bonds. The molecule has 0 heterocycles. The first-order chi connectivity index (χ1) is 11.6. The largest absolute Gasteiger partial charge is 0.354 e. The van der Waals surface area contributed by atoms with E-state index in [2.05, 4.69) is 17.4 Å². The summed E-state index contributed by atoms with van der Waals surface area (Å²) in [6, 6.07) is 16.9. The summed E-state index contributed by atoms with van der Waals surface area (Å²) in [7, 11) is 1.87. The van der Waals surface area contributed by atoms with Gasteiger partial charge in [0.05, 0.1) is 6.54 Å². The van der Waals surface area contributed by atoms with Gasteiger partial charge >= 0.3 is 0 Å². The average molecular weight is 326 g/mol. The maximum Gasteiger partial charge on any atom is 0.234 e. The molecule has 0 aliphatic heterocycles. The first-order valence-electron chi connectivity index (χ1n) is 8.33. The second-order valence-electron chi connectivity index (χ2n) is 6.73. The van der Waals surface area contributed by atoms with Crippen LogP contribution in [0.5, 0.6) is 0 Å². The third-order valence-electron chi connectivity index (χ3n) is 4.62. The van der Waals surface area contributed by atoms with Crippen molar-refractivity contribution in [2.75, 3.05) is 20.1 Å². The van der Waals surface area contributed by atoms with E-state index in [4.69, 9.17) is 0 Å². The van der Waals surface area contributed by atoms with Gasteiger partial charge in [0.2, 0.25) is 5.91 Å². The highest BCUT2D eigenvalue weighted by Gasteiger charge is 2.44. The van der Waals surface area contributed by atoms with Gasteiger partial charge in [-0.3, -0.25) is 9.69 Å². The Morgan fingerprint density at radius 1 is 1.17 bits per heavy atom. The van der Waals surface area contributed by atoms with Gasteiger partial charge in [-0.2, -0.15) is 0 Å². The van der Waals surface area contributed by atoms with Crippen LogP contribution in [0.2, 0.25) is 0 Å². The van der Waals surface area contributed by atoms with Crippen molar-refractivity contribution in [2.24, 2.45) is 0 Å². The molecule has 24 heavy (non-hydrogen) atoms. The van der Waals surface area contributed by atoms with Crippen LogP contribution in [0.15, 0.2) is 54.6 Å². The van der Waals surface area contributed by atoms with E-state index in [0.717, 1.165) is 18.4 Å². The van der Waals surface area contributed by atoms with Crippen molar-refractivity contribution in [1.82, 2.24) is 10.2 Å². The van der Waals surface area contributed by atoms with Gasteiger partial charge in [0, 0.05) is 18.5 Å². The number of halogens is 1. The van der Waals surface area contributed by atoms with Crippen molar-refractivity contribution < 1.29 is 9.18 Å². The molecule has 0 saturated heterocycles. The maximum atomic E-state index is 13.2. The molecule has 2 aromatic rings. The number of rotatable bonds is 7. The lowest BCUT2D eigenvalue weighted by molar-refractivity contribution is -0.122. The first kappa shape index (κ1) is 16.7. The average Bonchev–Trinajstić information content (AvgIpc) is 3.35. The molecule has 0 aromatic heterocycles. The summed E-state index contributed by atoms with van der Waals surface area (Å²) < 4.78 is 13.2. The maximum absolute atomic E-state index is 13.2. The fourth-order valence-electron chi connectivity index (χ4n) is 3.08. The Balaban J connectivity index is 1.47. The van der Waals surface area contributed by atoms with E-state index in [9.17, 15) is 9.18 Å². The molecule has 1 aliphatic carbocycles. The summed E-state index contributed by atoms with van der Waals surface area (Å²) in [4.78, 5) is 14.1. The van der Waals surface area contributed by atoms with Gasteiger partial charge in [-0.05, 0) is 43.1 Å². The van der Waals surface area contributed by atoms with Crippen LogP contribution >= 0.6 is 0 Å². The molecule has 1 fully saturated rings. The summed E-state index contributed by atoms with van der Waals surface area (Å²) in [5.41, 5.74) is 2.30. The SMILES string of the molecule is CN(CC(=O)NCC1(c2ccccc2)CC1)Cc1cccc(F)c1. The first-order valence-corrected chi connectivity index (χ1v) is 8.33. The molecule has 3 rings (SSSR count). The smallest absolute Gasteiger partial charge is 0.234 e. The van der Waals surface area contributed by atoms with Crippen LogP contribution in [0.25, 0.3) is 0 Å². The van der Waals surface area contributed by atoms with E-state index >= 15 is 0 Å². The van der Waals surface area contributed by atoms with Crippen LogP contribution in [0.3, 0.4) is 0 Å². The van der Waals surface area contributed by atoms with Crippen LogP contribution < -0.4 is 5.32 Å². The minimum absolute atomic E-state index is 0.0103. The highest BCUT2D eigenvalue weighted by molar-refractivity contribution is 5.78. The predicted molar refractivity (Wildman–Crippen MR) is 93.1 cm³/mol. The van der Waals surface area contributed by atoms with Crippen LogP contribution in [0.4, 0.5) is 4.39 Å². The Morgan fingerprint density at radius 3 is 2.58 bits per heavy atom. The monoisotopic (exact) mass is 326 g/mol. The number of likely N-dealkylation sites (N-methyl/N-ethyl adjacent to an activating group) is 1. The Kier molecular flexibility index (Phi) is 4.95. The number of nitrogens with zero attached hydrogens (tertiary/aromatic N) is 1. The number of hydrogen-bond acceptors (Lipinski definition) is 2. The molecule has 0 spiro atoms. The zero-order valence-corrected chi connectivity index (χ0v) is 14.0. The summed E-state index contributed by atoms with van der Waals surface area (Å²) in [6.07, 6.45) is 2.24. The number of hydrogen-bond donors (Lipinski definition) is 1. The minimum atomic E-state index is -0.246. The van der Waals surface area contributed by atoms with Crippen LogP contribution in [0, 0.1) is 5.82 Å². The molecular formula is C20H23FN2O. The minimum Gasteiger partial charge on any atom is -0.354 e. The molecule has 0 bridgehead atoms. The number of nitrogens with one attached hydrogen (secondary N) is 1. The summed E-state index contributed by atoms with van der Waals surface area (Å²) in [6.45, 7) is 1.54. The summed E-state index contributed by atoms with van der Waals surface area (Å²) in [5.74, 6) is -0.236. The van der Waals surface area contributed by atoms with Crippen molar-refractivity contribution in [3.8, 4) is 0 Å². The van der Waals surface area contributed by atoms with Gasteiger partial charge in [0.25, 0.3) is 0 Å². The van der Waals surface area contributed by atoms with E-state index < -0.39 is 0 Å². The molecule has 0 unspecified atom stereocenters. The quantitative estimate of drug-likeness (QED) is 0.848. The fourth-order valence-corrected chi connectivity index (χ4v) is 3.08. The van der Waals surface area contributed by atoms with E-state index in [0.29, 0.717) is 19.6 Å². The lowest BCUT2D eigenvalue weighted by Crippen LogP contribution is -2.38. The fraction of sp³-hybridized carbons (Fsp3) is 0.350. The van der Waals surface area contributed by atoms with Gasteiger partial charge in [0.15, 0.2) is 0 Å². The molecule has 126 valence electrons.